The van der Waals surface area contributed by atoms with E-state index in [2.05, 4.69) is 24.5 Å². The molecule has 0 aliphatic rings. The molecule has 0 spiro atoms. The van der Waals surface area contributed by atoms with Gasteiger partial charge in [-0.3, -0.25) is 9.69 Å². The minimum atomic E-state index is -0.159. The van der Waals surface area contributed by atoms with E-state index in [1.165, 1.54) is 0 Å². The fourth-order valence-electron chi connectivity index (χ4n) is 0.687. The SMILES string of the molecule is CCN(C)CN(CC)C(=O)S. The number of hydrogen-bond donors (Lipinski definition) is 1. The molecule has 0 radical (unpaired) electrons. The van der Waals surface area contributed by atoms with Crippen LogP contribution >= 0.6 is 12.6 Å². The molecular formula is C7H16N2OS. The van der Waals surface area contributed by atoms with E-state index in [9.17, 15) is 4.79 Å². The maximum atomic E-state index is 10.8. The average molecular weight is 176 g/mol. The summed E-state index contributed by atoms with van der Waals surface area (Å²) < 4.78 is 0. The summed E-state index contributed by atoms with van der Waals surface area (Å²) in [5.74, 6) is 0. The lowest BCUT2D eigenvalue weighted by atomic mass is 10.6. The van der Waals surface area contributed by atoms with Gasteiger partial charge in [0.15, 0.2) is 0 Å². The molecule has 0 aliphatic carbocycles. The molecule has 0 aliphatic heterocycles. The lowest BCUT2D eigenvalue weighted by Crippen LogP contribution is -2.36. The predicted molar refractivity (Wildman–Crippen MR) is 49.9 cm³/mol. The van der Waals surface area contributed by atoms with Crippen molar-refractivity contribution in [2.45, 2.75) is 13.8 Å². The van der Waals surface area contributed by atoms with Crippen LogP contribution in [0.4, 0.5) is 4.79 Å². The second kappa shape index (κ2) is 5.43. The summed E-state index contributed by atoms with van der Waals surface area (Å²) in [6.45, 7) is 6.31. The summed E-state index contributed by atoms with van der Waals surface area (Å²) in [4.78, 5) is 14.5. The summed E-state index contributed by atoms with van der Waals surface area (Å²) in [7, 11) is 1.97. The quantitative estimate of drug-likeness (QED) is 0.515. The van der Waals surface area contributed by atoms with Crippen molar-refractivity contribution in [3.05, 3.63) is 0 Å². The van der Waals surface area contributed by atoms with Crippen molar-refractivity contribution in [2.24, 2.45) is 0 Å². The molecular weight excluding hydrogens is 160 g/mol. The fraction of sp³-hybridized carbons (Fsp3) is 0.857. The molecule has 4 heteroatoms. The third-order valence-corrected chi connectivity index (χ3v) is 1.89. The van der Waals surface area contributed by atoms with Crippen molar-refractivity contribution in [1.29, 1.82) is 0 Å². The van der Waals surface area contributed by atoms with Crippen molar-refractivity contribution in [1.82, 2.24) is 9.80 Å². The van der Waals surface area contributed by atoms with Crippen LogP contribution in [0.1, 0.15) is 13.8 Å². The molecule has 0 fully saturated rings. The first-order valence-corrected chi connectivity index (χ1v) is 4.22. The van der Waals surface area contributed by atoms with Gasteiger partial charge < -0.3 is 4.90 Å². The van der Waals surface area contributed by atoms with Gasteiger partial charge in [0.2, 0.25) is 0 Å². The topological polar surface area (TPSA) is 23.6 Å². The number of hydrogen-bond acceptors (Lipinski definition) is 2. The smallest absolute Gasteiger partial charge is 0.279 e. The molecule has 1 amide bonds. The van der Waals surface area contributed by atoms with Crippen LogP contribution in [0.5, 0.6) is 0 Å². The van der Waals surface area contributed by atoms with Crippen LogP contribution in [0, 0.1) is 0 Å². The lowest BCUT2D eigenvalue weighted by Gasteiger charge is -2.24. The molecule has 0 aromatic heterocycles. The lowest BCUT2D eigenvalue weighted by molar-refractivity contribution is 0.182. The van der Waals surface area contributed by atoms with Crippen LogP contribution in [0.15, 0.2) is 0 Å². The molecule has 0 aromatic carbocycles. The summed E-state index contributed by atoms with van der Waals surface area (Å²) in [5.41, 5.74) is 0. The second-order valence-electron chi connectivity index (χ2n) is 2.45. The van der Waals surface area contributed by atoms with Gasteiger partial charge in [0.05, 0.1) is 6.67 Å². The highest BCUT2D eigenvalue weighted by Gasteiger charge is 2.07. The molecule has 11 heavy (non-hydrogen) atoms. The van der Waals surface area contributed by atoms with Crippen LogP contribution < -0.4 is 0 Å². The minimum absolute atomic E-state index is 0.159. The van der Waals surface area contributed by atoms with Crippen molar-refractivity contribution < 1.29 is 4.79 Å². The molecule has 0 rings (SSSR count). The van der Waals surface area contributed by atoms with Crippen molar-refractivity contribution in [2.75, 3.05) is 26.8 Å². The number of carbonyl (C=O) groups excluding carboxylic acids is 1. The highest BCUT2D eigenvalue weighted by atomic mass is 32.1. The van der Waals surface area contributed by atoms with Crippen LogP contribution in [0.25, 0.3) is 0 Å². The fourth-order valence-corrected chi connectivity index (χ4v) is 0.892. The first kappa shape index (κ1) is 10.8. The first-order chi connectivity index (χ1) is 5.11. The normalized spacial score (nSPS) is 10.3. The third kappa shape index (κ3) is 4.27. The van der Waals surface area contributed by atoms with Gasteiger partial charge in [-0.25, -0.2) is 0 Å². The molecule has 0 atom stereocenters. The van der Waals surface area contributed by atoms with Crippen molar-refractivity contribution >= 4 is 17.9 Å². The molecule has 0 saturated heterocycles. The highest BCUT2D eigenvalue weighted by Crippen LogP contribution is 1.96. The molecule has 66 valence electrons. The van der Waals surface area contributed by atoms with Gasteiger partial charge in [0.1, 0.15) is 0 Å². The van der Waals surface area contributed by atoms with Crippen LogP contribution in [-0.4, -0.2) is 41.8 Å². The van der Waals surface area contributed by atoms with Crippen molar-refractivity contribution in [3.8, 4) is 0 Å². The molecule has 0 bridgehead atoms. The highest BCUT2D eigenvalue weighted by molar-refractivity contribution is 7.96. The Morgan fingerprint density at radius 3 is 2.18 bits per heavy atom. The average Bonchev–Trinajstić information content (AvgIpc) is 1.99. The number of rotatable bonds is 4. The molecule has 0 heterocycles. The largest absolute Gasteiger partial charge is 0.321 e. The van der Waals surface area contributed by atoms with Gasteiger partial charge in [-0.15, -0.1) is 0 Å². The van der Waals surface area contributed by atoms with Gasteiger partial charge >= 0.3 is 0 Å². The molecule has 0 aromatic rings. The standard InChI is InChI=1S/C7H16N2OS/c1-4-8(3)6-9(5-2)7(10)11/h4-6H2,1-3H3,(H,10,11). The van der Waals surface area contributed by atoms with Crippen LogP contribution in [0.2, 0.25) is 0 Å². The molecule has 0 saturated carbocycles. The number of amides is 1. The van der Waals surface area contributed by atoms with E-state index < -0.39 is 0 Å². The van der Waals surface area contributed by atoms with Crippen molar-refractivity contribution in [3.63, 3.8) is 0 Å². The van der Waals surface area contributed by atoms with Gasteiger partial charge in [0, 0.05) is 6.54 Å². The summed E-state index contributed by atoms with van der Waals surface area (Å²) in [6.07, 6.45) is 0. The molecule has 0 N–H and O–H groups in total. The second-order valence-corrected chi connectivity index (χ2v) is 2.83. The number of nitrogens with zero attached hydrogens (tertiary/aromatic N) is 2. The van der Waals surface area contributed by atoms with Crippen LogP contribution in [0.3, 0.4) is 0 Å². The predicted octanol–water partition coefficient (Wildman–Crippen LogP) is 1.27. The Hall–Kier alpha value is -0.220. The van der Waals surface area contributed by atoms with Gasteiger partial charge in [0.25, 0.3) is 5.24 Å². The van der Waals surface area contributed by atoms with Crippen LogP contribution in [-0.2, 0) is 0 Å². The Kier molecular flexibility index (Phi) is 5.32. The molecule has 3 nitrogen and oxygen atoms in total. The number of thiol groups is 1. The van der Waals surface area contributed by atoms with E-state index in [0.717, 1.165) is 6.54 Å². The molecule has 0 unspecified atom stereocenters. The Balaban J connectivity index is 3.77. The van der Waals surface area contributed by atoms with E-state index in [0.29, 0.717) is 13.2 Å². The summed E-state index contributed by atoms with van der Waals surface area (Å²) in [6, 6.07) is 0. The van der Waals surface area contributed by atoms with E-state index in [1.807, 2.05) is 14.0 Å². The maximum Gasteiger partial charge on any atom is 0.279 e. The van der Waals surface area contributed by atoms with Gasteiger partial charge in [-0.05, 0) is 20.5 Å². The maximum absolute atomic E-state index is 10.8. The Bertz CT molecular complexity index is 130. The van der Waals surface area contributed by atoms with E-state index in [-0.39, 0.29) is 5.24 Å². The van der Waals surface area contributed by atoms with E-state index >= 15 is 0 Å². The minimum Gasteiger partial charge on any atom is -0.321 e. The monoisotopic (exact) mass is 176 g/mol. The van der Waals surface area contributed by atoms with E-state index in [1.54, 1.807) is 4.90 Å². The zero-order valence-corrected chi connectivity index (χ0v) is 8.27. The Morgan fingerprint density at radius 1 is 1.36 bits per heavy atom. The summed E-state index contributed by atoms with van der Waals surface area (Å²) >= 11 is 3.75. The first-order valence-electron chi connectivity index (χ1n) is 3.78. The Labute approximate surface area is 73.8 Å². The zero-order valence-electron chi connectivity index (χ0n) is 7.37. The Morgan fingerprint density at radius 2 is 1.91 bits per heavy atom. The number of carbonyl (C=O) groups is 1. The summed E-state index contributed by atoms with van der Waals surface area (Å²) in [5, 5.41) is -0.159. The van der Waals surface area contributed by atoms with Gasteiger partial charge in [-0.1, -0.05) is 19.6 Å². The third-order valence-electron chi connectivity index (χ3n) is 1.60. The zero-order chi connectivity index (χ0) is 8.85. The van der Waals surface area contributed by atoms with E-state index in [4.69, 9.17) is 0 Å². The van der Waals surface area contributed by atoms with Gasteiger partial charge in [-0.2, -0.15) is 0 Å².